The minimum atomic E-state index is 0.279. The van der Waals surface area contributed by atoms with Crippen LogP contribution in [0.5, 0.6) is 0 Å². The van der Waals surface area contributed by atoms with E-state index in [2.05, 4.69) is 18.7 Å². The molecule has 0 unspecified atom stereocenters. The van der Waals surface area contributed by atoms with Crippen molar-refractivity contribution in [2.75, 3.05) is 19.6 Å². The molecule has 110 valence electrons. The Hall–Kier alpha value is -1.15. The molecular formula is C18H27NO. The summed E-state index contributed by atoms with van der Waals surface area (Å²) in [5.41, 5.74) is 1.40. The zero-order chi connectivity index (χ0) is 14.4. The van der Waals surface area contributed by atoms with Crippen molar-refractivity contribution in [2.45, 2.75) is 46.0 Å². The maximum atomic E-state index is 12.0. The van der Waals surface area contributed by atoms with Crippen LogP contribution in [0.2, 0.25) is 0 Å². The van der Waals surface area contributed by atoms with E-state index in [9.17, 15) is 4.79 Å². The smallest absolute Gasteiger partial charge is 0.162 e. The topological polar surface area (TPSA) is 20.3 Å². The van der Waals surface area contributed by atoms with Crippen LogP contribution < -0.4 is 0 Å². The Balaban J connectivity index is 1.68. The second-order valence-corrected chi connectivity index (χ2v) is 6.40. The summed E-state index contributed by atoms with van der Waals surface area (Å²) in [6.45, 7) is 8.17. The predicted molar refractivity (Wildman–Crippen MR) is 84.1 cm³/mol. The van der Waals surface area contributed by atoms with Gasteiger partial charge in [0.25, 0.3) is 0 Å². The summed E-state index contributed by atoms with van der Waals surface area (Å²) >= 11 is 0. The first kappa shape index (κ1) is 15.2. The lowest BCUT2D eigenvalue weighted by Crippen LogP contribution is -2.38. The molecule has 0 bridgehead atoms. The van der Waals surface area contributed by atoms with Crippen molar-refractivity contribution in [1.29, 1.82) is 0 Å². The Labute approximate surface area is 123 Å². The number of carbonyl (C=O) groups excluding carboxylic acids is 1. The fourth-order valence-electron chi connectivity index (χ4n) is 2.90. The van der Waals surface area contributed by atoms with Gasteiger partial charge in [-0.15, -0.1) is 0 Å². The van der Waals surface area contributed by atoms with Gasteiger partial charge in [0.1, 0.15) is 0 Å². The van der Waals surface area contributed by atoms with Crippen LogP contribution in [0.1, 0.15) is 56.3 Å². The maximum Gasteiger partial charge on any atom is 0.162 e. The number of piperidine rings is 1. The summed E-state index contributed by atoms with van der Waals surface area (Å²) in [6, 6.07) is 9.65. The van der Waals surface area contributed by atoms with Crippen molar-refractivity contribution < 1.29 is 4.79 Å². The van der Waals surface area contributed by atoms with Crippen LogP contribution in [0, 0.1) is 5.41 Å². The summed E-state index contributed by atoms with van der Waals surface area (Å²) in [4.78, 5) is 14.5. The van der Waals surface area contributed by atoms with Crippen LogP contribution in [-0.4, -0.2) is 30.3 Å². The van der Waals surface area contributed by atoms with Gasteiger partial charge in [0.15, 0.2) is 5.78 Å². The van der Waals surface area contributed by atoms with E-state index >= 15 is 0 Å². The highest BCUT2D eigenvalue weighted by molar-refractivity contribution is 5.95. The molecule has 0 aromatic heterocycles. The number of hydrogen-bond acceptors (Lipinski definition) is 2. The fraction of sp³-hybridized carbons (Fsp3) is 0.611. The summed E-state index contributed by atoms with van der Waals surface area (Å²) in [5.74, 6) is 0.279. The number of ketones is 1. The molecule has 0 atom stereocenters. The third-order valence-electron chi connectivity index (χ3n) is 4.89. The molecule has 0 spiro atoms. The van der Waals surface area contributed by atoms with Crippen molar-refractivity contribution in [3.05, 3.63) is 35.9 Å². The zero-order valence-electron chi connectivity index (χ0n) is 12.9. The van der Waals surface area contributed by atoms with E-state index in [1.807, 2.05) is 30.3 Å². The van der Waals surface area contributed by atoms with Crippen molar-refractivity contribution in [2.24, 2.45) is 5.41 Å². The number of likely N-dealkylation sites (tertiary alicyclic amines) is 1. The standard InChI is InChI=1S/C18H27NO/c1-3-18(2)11-14-19(15-12-18)13-7-10-17(20)16-8-5-4-6-9-16/h4-6,8-9H,3,7,10-15H2,1-2H3. The van der Waals surface area contributed by atoms with E-state index in [1.165, 1.54) is 32.4 Å². The van der Waals surface area contributed by atoms with Crippen LogP contribution in [0.25, 0.3) is 0 Å². The molecule has 0 N–H and O–H groups in total. The summed E-state index contributed by atoms with van der Waals surface area (Å²) in [6.07, 6.45) is 5.54. The number of benzene rings is 1. The van der Waals surface area contributed by atoms with E-state index in [0.29, 0.717) is 11.8 Å². The van der Waals surface area contributed by atoms with Gasteiger partial charge in [0, 0.05) is 12.0 Å². The molecule has 20 heavy (non-hydrogen) atoms. The van der Waals surface area contributed by atoms with Crippen LogP contribution in [0.4, 0.5) is 0 Å². The molecule has 1 aromatic rings. The fourth-order valence-corrected chi connectivity index (χ4v) is 2.90. The summed E-state index contributed by atoms with van der Waals surface area (Å²) < 4.78 is 0. The van der Waals surface area contributed by atoms with Gasteiger partial charge in [-0.1, -0.05) is 50.6 Å². The average molecular weight is 273 g/mol. The average Bonchev–Trinajstić information content (AvgIpc) is 2.50. The van der Waals surface area contributed by atoms with E-state index in [1.54, 1.807) is 0 Å². The van der Waals surface area contributed by atoms with Gasteiger partial charge in [-0.25, -0.2) is 0 Å². The molecule has 1 aliphatic heterocycles. The van der Waals surface area contributed by atoms with Gasteiger partial charge in [0.2, 0.25) is 0 Å². The minimum absolute atomic E-state index is 0.279. The second kappa shape index (κ2) is 7.03. The first-order chi connectivity index (χ1) is 9.63. The Kier molecular flexibility index (Phi) is 5.36. The highest BCUT2D eigenvalue weighted by Crippen LogP contribution is 2.33. The van der Waals surface area contributed by atoms with Crippen molar-refractivity contribution in [3.63, 3.8) is 0 Å². The molecule has 1 saturated heterocycles. The Morgan fingerprint density at radius 1 is 1.20 bits per heavy atom. The van der Waals surface area contributed by atoms with Gasteiger partial charge in [0.05, 0.1) is 0 Å². The van der Waals surface area contributed by atoms with Gasteiger partial charge < -0.3 is 4.90 Å². The molecule has 1 aliphatic rings. The number of rotatable bonds is 6. The Morgan fingerprint density at radius 3 is 2.45 bits per heavy atom. The third kappa shape index (κ3) is 4.17. The molecule has 0 saturated carbocycles. The summed E-state index contributed by atoms with van der Waals surface area (Å²) in [7, 11) is 0. The Bertz CT molecular complexity index is 418. The first-order valence-electron chi connectivity index (χ1n) is 7.93. The minimum Gasteiger partial charge on any atom is -0.303 e. The molecule has 2 nitrogen and oxygen atoms in total. The molecule has 1 aromatic carbocycles. The van der Waals surface area contributed by atoms with E-state index in [4.69, 9.17) is 0 Å². The lowest BCUT2D eigenvalue weighted by atomic mass is 9.78. The molecule has 0 amide bonds. The molecule has 0 aliphatic carbocycles. The molecular weight excluding hydrogens is 246 g/mol. The predicted octanol–water partition coefficient (Wildman–Crippen LogP) is 4.16. The maximum absolute atomic E-state index is 12.0. The van der Waals surface area contributed by atoms with Gasteiger partial charge in [-0.2, -0.15) is 0 Å². The van der Waals surface area contributed by atoms with Crippen molar-refractivity contribution in [3.8, 4) is 0 Å². The van der Waals surface area contributed by atoms with E-state index in [-0.39, 0.29) is 5.78 Å². The first-order valence-corrected chi connectivity index (χ1v) is 7.93. The molecule has 2 rings (SSSR count). The SMILES string of the molecule is CCC1(C)CCN(CCCC(=O)c2ccccc2)CC1. The van der Waals surface area contributed by atoms with Crippen molar-refractivity contribution in [1.82, 2.24) is 4.90 Å². The molecule has 1 fully saturated rings. The van der Waals surface area contributed by atoms with Crippen LogP contribution in [0.15, 0.2) is 30.3 Å². The largest absolute Gasteiger partial charge is 0.303 e. The monoisotopic (exact) mass is 273 g/mol. The molecule has 0 radical (unpaired) electrons. The van der Waals surface area contributed by atoms with Crippen LogP contribution in [-0.2, 0) is 0 Å². The molecule has 2 heteroatoms. The third-order valence-corrected chi connectivity index (χ3v) is 4.89. The molecule has 1 heterocycles. The van der Waals surface area contributed by atoms with Crippen LogP contribution in [0.3, 0.4) is 0 Å². The van der Waals surface area contributed by atoms with Gasteiger partial charge >= 0.3 is 0 Å². The highest BCUT2D eigenvalue weighted by atomic mass is 16.1. The number of hydrogen-bond donors (Lipinski definition) is 0. The number of carbonyl (C=O) groups is 1. The zero-order valence-corrected chi connectivity index (χ0v) is 12.9. The van der Waals surface area contributed by atoms with Gasteiger partial charge in [-0.3, -0.25) is 4.79 Å². The van der Waals surface area contributed by atoms with Crippen molar-refractivity contribution >= 4 is 5.78 Å². The second-order valence-electron chi connectivity index (χ2n) is 6.40. The van der Waals surface area contributed by atoms with E-state index in [0.717, 1.165) is 18.5 Å². The van der Waals surface area contributed by atoms with Gasteiger partial charge in [-0.05, 0) is 44.3 Å². The number of Topliss-reactive ketones (excluding diaryl/α,β-unsaturated/α-hetero) is 1. The normalized spacial score (nSPS) is 18.9. The Morgan fingerprint density at radius 2 is 1.85 bits per heavy atom. The highest BCUT2D eigenvalue weighted by Gasteiger charge is 2.27. The van der Waals surface area contributed by atoms with E-state index < -0.39 is 0 Å². The number of nitrogens with zero attached hydrogens (tertiary/aromatic N) is 1. The quantitative estimate of drug-likeness (QED) is 0.725. The lowest BCUT2D eigenvalue weighted by molar-refractivity contribution is 0.0946. The van der Waals surface area contributed by atoms with Crippen LogP contribution >= 0.6 is 0 Å². The summed E-state index contributed by atoms with van der Waals surface area (Å²) in [5, 5.41) is 0. The lowest BCUT2D eigenvalue weighted by Gasteiger charge is -2.38.